The van der Waals surface area contributed by atoms with Crippen molar-refractivity contribution in [2.75, 3.05) is 6.54 Å². The molecule has 1 aromatic rings. The van der Waals surface area contributed by atoms with Crippen molar-refractivity contribution in [2.45, 2.75) is 25.8 Å². The number of nitrogens with two attached hydrogens (primary N) is 1. The highest BCUT2D eigenvalue weighted by molar-refractivity contribution is 9.10. The van der Waals surface area contributed by atoms with E-state index in [1.165, 1.54) is 0 Å². The first kappa shape index (κ1) is 13.2. The maximum absolute atomic E-state index is 11.4. The lowest BCUT2D eigenvalue weighted by Crippen LogP contribution is -2.22. The number of hydrogen-bond acceptors (Lipinski definition) is 2. The average Bonchev–Trinajstić information content (AvgIpc) is 2.27. The zero-order valence-corrected chi connectivity index (χ0v) is 10.8. The number of halogens is 1. The first-order valence-corrected chi connectivity index (χ1v) is 6.23. The highest BCUT2D eigenvalue weighted by Gasteiger charge is 2.00. The Morgan fingerprint density at radius 3 is 2.88 bits per heavy atom. The van der Waals surface area contributed by atoms with Crippen LogP contribution in [0.25, 0.3) is 0 Å². The van der Waals surface area contributed by atoms with E-state index in [1.807, 2.05) is 24.3 Å². The molecule has 3 nitrogen and oxygen atoms in total. The molecule has 3 N–H and O–H groups in total. The molecule has 16 heavy (non-hydrogen) atoms. The van der Waals surface area contributed by atoms with Crippen LogP contribution in [0.2, 0.25) is 0 Å². The van der Waals surface area contributed by atoms with E-state index >= 15 is 0 Å². The molecule has 0 radical (unpaired) electrons. The number of carbonyl (C=O) groups excluding carboxylic acids is 1. The van der Waals surface area contributed by atoms with Crippen LogP contribution in [0.4, 0.5) is 0 Å². The second kappa shape index (κ2) is 7.41. The van der Waals surface area contributed by atoms with Gasteiger partial charge in [-0.05, 0) is 37.1 Å². The summed E-state index contributed by atoms with van der Waals surface area (Å²) in [6, 6.07) is 7.91. The van der Waals surface area contributed by atoms with Gasteiger partial charge in [-0.25, -0.2) is 0 Å². The first-order valence-electron chi connectivity index (χ1n) is 5.43. The molecule has 0 unspecified atom stereocenters. The molecule has 0 saturated carbocycles. The summed E-state index contributed by atoms with van der Waals surface area (Å²) in [6.45, 7) is 1.24. The minimum Gasteiger partial charge on any atom is -0.352 e. The number of benzene rings is 1. The molecule has 0 aliphatic rings. The summed E-state index contributed by atoms with van der Waals surface area (Å²) >= 11 is 3.39. The van der Waals surface area contributed by atoms with Crippen LogP contribution in [0.15, 0.2) is 28.7 Å². The third kappa shape index (κ3) is 5.28. The van der Waals surface area contributed by atoms with Gasteiger partial charge in [-0.2, -0.15) is 0 Å². The Balaban J connectivity index is 2.26. The lowest BCUT2D eigenvalue weighted by Gasteiger charge is -2.05. The molecule has 0 aliphatic carbocycles. The number of amides is 1. The van der Waals surface area contributed by atoms with Gasteiger partial charge < -0.3 is 11.1 Å². The molecule has 0 atom stereocenters. The summed E-state index contributed by atoms with van der Waals surface area (Å²) in [5.74, 6) is 0.0911. The minimum absolute atomic E-state index is 0.0911. The second-order valence-electron chi connectivity index (χ2n) is 3.65. The molecule has 1 amide bonds. The van der Waals surface area contributed by atoms with Crippen LogP contribution in [0.1, 0.15) is 24.8 Å². The van der Waals surface area contributed by atoms with Crippen molar-refractivity contribution in [3.63, 3.8) is 0 Å². The van der Waals surface area contributed by atoms with Gasteiger partial charge in [0, 0.05) is 17.4 Å². The van der Waals surface area contributed by atoms with Crippen LogP contribution in [-0.4, -0.2) is 12.5 Å². The van der Waals surface area contributed by atoms with Crippen LogP contribution in [0.5, 0.6) is 0 Å². The topological polar surface area (TPSA) is 55.1 Å². The molecule has 1 aromatic carbocycles. The summed E-state index contributed by atoms with van der Waals surface area (Å²) in [6.07, 6.45) is 2.33. The Kier molecular flexibility index (Phi) is 6.11. The van der Waals surface area contributed by atoms with Gasteiger partial charge >= 0.3 is 0 Å². The fourth-order valence-corrected chi connectivity index (χ4v) is 1.81. The molecule has 0 bridgehead atoms. The van der Waals surface area contributed by atoms with Crippen molar-refractivity contribution in [1.29, 1.82) is 0 Å². The third-order valence-electron chi connectivity index (χ3n) is 2.24. The maximum atomic E-state index is 11.4. The molecule has 0 heterocycles. The van der Waals surface area contributed by atoms with Gasteiger partial charge in [-0.15, -0.1) is 0 Å². The predicted molar refractivity (Wildman–Crippen MR) is 68.9 cm³/mol. The van der Waals surface area contributed by atoms with Gasteiger partial charge in [-0.1, -0.05) is 28.1 Å². The van der Waals surface area contributed by atoms with E-state index in [9.17, 15) is 4.79 Å². The van der Waals surface area contributed by atoms with Crippen molar-refractivity contribution in [1.82, 2.24) is 5.32 Å². The van der Waals surface area contributed by atoms with E-state index in [2.05, 4.69) is 21.2 Å². The van der Waals surface area contributed by atoms with E-state index in [4.69, 9.17) is 5.73 Å². The first-order chi connectivity index (χ1) is 7.72. The van der Waals surface area contributed by atoms with Gasteiger partial charge in [0.15, 0.2) is 0 Å². The summed E-state index contributed by atoms with van der Waals surface area (Å²) in [4.78, 5) is 11.4. The molecule has 4 heteroatoms. The molecule has 1 rings (SSSR count). The Hall–Kier alpha value is -0.870. The molecule has 0 aromatic heterocycles. The monoisotopic (exact) mass is 284 g/mol. The summed E-state index contributed by atoms with van der Waals surface area (Å²) < 4.78 is 1.03. The predicted octanol–water partition coefficient (Wildman–Crippen LogP) is 2.19. The second-order valence-corrected chi connectivity index (χ2v) is 4.57. The third-order valence-corrected chi connectivity index (χ3v) is 2.73. The Morgan fingerprint density at radius 2 is 2.19 bits per heavy atom. The summed E-state index contributed by atoms with van der Waals surface area (Å²) in [7, 11) is 0. The van der Waals surface area contributed by atoms with Crippen LogP contribution in [-0.2, 0) is 11.3 Å². The van der Waals surface area contributed by atoms with Gasteiger partial charge in [0.2, 0.25) is 5.91 Å². The van der Waals surface area contributed by atoms with E-state index in [0.717, 1.165) is 22.9 Å². The lowest BCUT2D eigenvalue weighted by atomic mass is 10.2. The quantitative estimate of drug-likeness (QED) is 0.787. The molecule has 88 valence electrons. The fourth-order valence-electron chi connectivity index (χ4n) is 1.37. The van der Waals surface area contributed by atoms with E-state index in [1.54, 1.807) is 0 Å². The van der Waals surface area contributed by atoms with Gasteiger partial charge in [-0.3, -0.25) is 4.79 Å². The van der Waals surface area contributed by atoms with E-state index in [0.29, 0.717) is 19.5 Å². The lowest BCUT2D eigenvalue weighted by molar-refractivity contribution is -0.121. The van der Waals surface area contributed by atoms with Crippen molar-refractivity contribution in [3.05, 3.63) is 34.3 Å². The minimum atomic E-state index is 0.0911. The Labute approximate surface area is 105 Å². The standard InChI is InChI=1S/C12H17BrN2O/c13-11-5-3-4-10(8-11)9-15-12(16)6-1-2-7-14/h3-5,8H,1-2,6-7,9,14H2,(H,15,16). The zero-order valence-electron chi connectivity index (χ0n) is 9.21. The Bertz CT molecular complexity index is 342. The molecule has 0 aliphatic heterocycles. The molecular formula is C12H17BrN2O. The SMILES string of the molecule is NCCCCC(=O)NCc1cccc(Br)c1. The molecular weight excluding hydrogens is 268 g/mol. The molecule has 0 saturated heterocycles. The summed E-state index contributed by atoms with van der Waals surface area (Å²) in [5, 5.41) is 2.88. The average molecular weight is 285 g/mol. The number of rotatable bonds is 6. The zero-order chi connectivity index (χ0) is 11.8. The smallest absolute Gasteiger partial charge is 0.220 e. The van der Waals surface area contributed by atoms with E-state index in [-0.39, 0.29) is 5.91 Å². The highest BCUT2D eigenvalue weighted by Crippen LogP contribution is 2.11. The van der Waals surface area contributed by atoms with Crippen molar-refractivity contribution in [3.8, 4) is 0 Å². The number of unbranched alkanes of at least 4 members (excludes halogenated alkanes) is 1. The number of hydrogen-bond donors (Lipinski definition) is 2. The van der Waals surface area contributed by atoms with Crippen molar-refractivity contribution >= 4 is 21.8 Å². The Morgan fingerprint density at radius 1 is 1.38 bits per heavy atom. The fraction of sp³-hybridized carbons (Fsp3) is 0.417. The normalized spacial score (nSPS) is 10.1. The largest absolute Gasteiger partial charge is 0.352 e. The van der Waals surface area contributed by atoms with Gasteiger partial charge in [0.05, 0.1) is 0 Å². The van der Waals surface area contributed by atoms with Crippen LogP contribution in [0.3, 0.4) is 0 Å². The van der Waals surface area contributed by atoms with Crippen molar-refractivity contribution in [2.24, 2.45) is 5.73 Å². The van der Waals surface area contributed by atoms with Gasteiger partial charge in [0.25, 0.3) is 0 Å². The summed E-state index contributed by atoms with van der Waals surface area (Å²) in [5.41, 5.74) is 6.46. The highest BCUT2D eigenvalue weighted by atomic mass is 79.9. The van der Waals surface area contributed by atoms with Gasteiger partial charge in [0.1, 0.15) is 0 Å². The van der Waals surface area contributed by atoms with Crippen LogP contribution in [0, 0.1) is 0 Å². The van der Waals surface area contributed by atoms with Crippen LogP contribution >= 0.6 is 15.9 Å². The number of nitrogens with one attached hydrogen (secondary N) is 1. The maximum Gasteiger partial charge on any atom is 0.220 e. The number of carbonyl (C=O) groups is 1. The molecule has 0 spiro atoms. The van der Waals surface area contributed by atoms with Crippen LogP contribution < -0.4 is 11.1 Å². The van der Waals surface area contributed by atoms with E-state index < -0.39 is 0 Å². The van der Waals surface area contributed by atoms with Crippen molar-refractivity contribution < 1.29 is 4.79 Å². The molecule has 0 fully saturated rings.